The van der Waals surface area contributed by atoms with E-state index in [0.717, 1.165) is 13.1 Å². The molecule has 1 fully saturated rings. The fourth-order valence-electron chi connectivity index (χ4n) is 2.96. The third-order valence-electron chi connectivity index (χ3n) is 4.25. The maximum absolute atomic E-state index is 12.3. The molecule has 0 radical (unpaired) electrons. The number of likely N-dealkylation sites (N-methyl/N-ethyl adjacent to an activating group) is 1. The Labute approximate surface area is 150 Å². The quantitative estimate of drug-likeness (QED) is 0.856. The third kappa shape index (κ3) is 6.11. The number of carbonyl (C=O) groups excluding carboxylic acids is 1. The first-order chi connectivity index (χ1) is 11.2. The molecule has 1 aromatic rings. The molecule has 4 nitrogen and oxygen atoms in total. The van der Waals surface area contributed by atoms with Gasteiger partial charge in [0.05, 0.1) is 17.9 Å². The van der Waals surface area contributed by atoms with Crippen molar-refractivity contribution in [2.75, 3.05) is 32.4 Å². The molecule has 1 atom stereocenters. The lowest BCUT2D eigenvalue weighted by atomic mass is 10.0. The number of nitrogens with zero attached hydrogens (tertiary/aromatic N) is 2. The number of likely N-dealkylation sites (tertiary alicyclic amines) is 1. The van der Waals surface area contributed by atoms with Gasteiger partial charge in [-0.2, -0.15) is 0 Å². The Morgan fingerprint density at radius 2 is 2.00 bits per heavy atom. The van der Waals surface area contributed by atoms with E-state index in [-0.39, 0.29) is 10.7 Å². The van der Waals surface area contributed by atoms with Gasteiger partial charge < -0.3 is 10.0 Å². The smallest absolute Gasteiger partial charge is 0.232 e. The van der Waals surface area contributed by atoms with Gasteiger partial charge in [-0.25, -0.2) is 0 Å². The molecule has 1 aliphatic rings. The largest absolute Gasteiger partial charge is 0.387 e. The predicted molar refractivity (Wildman–Crippen MR) is 101 cm³/mol. The van der Waals surface area contributed by atoms with Crippen LogP contribution in [-0.4, -0.2) is 63.6 Å². The van der Waals surface area contributed by atoms with E-state index >= 15 is 0 Å². The molecule has 2 rings (SSSR count). The van der Waals surface area contributed by atoms with E-state index < -0.39 is 5.60 Å². The number of thioether (sulfide) groups is 1. The second-order valence-electron chi connectivity index (χ2n) is 7.82. The maximum Gasteiger partial charge on any atom is 0.232 e. The zero-order valence-electron chi connectivity index (χ0n) is 15.3. The summed E-state index contributed by atoms with van der Waals surface area (Å²) in [5, 5.41) is 10.8. The molecule has 1 N–H and O–H groups in total. The molecular formula is C19H30N2O2S. The van der Waals surface area contributed by atoms with Gasteiger partial charge in [-0.3, -0.25) is 9.69 Å². The second-order valence-corrected chi connectivity index (χ2v) is 9.62. The molecule has 1 amide bonds. The van der Waals surface area contributed by atoms with Crippen LogP contribution in [0.4, 0.5) is 0 Å². The minimum atomic E-state index is -0.800. The molecule has 0 saturated carbocycles. The predicted octanol–water partition coefficient (Wildman–Crippen LogP) is 2.61. The van der Waals surface area contributed by atoms with E-state index in [2.05, 4.69) is 37.8 Å². The number of aliphatic hydroxyl groups is 1. The minimum Gasteiger partial charge on any atom is -0.387 e. The lowest BCUT2D eigenvalue weighted by molar-refractivity contribution is -0.130. The summed E-state index contributed by atoms with van der Waals surface area (Å²) in [7, 11) is 1.80. The minimum absolute atomic E-state index is 0.0766. The number of carbonyl (C=O) groups is 1. The van der Waals surface area contributed by atoms with E-state index in [1.165, 1.54) is 5.56 Å². The second kappa shape index (κ2) is 7.89. The van der Waals surface area contributed by atoms with Crippen LogP contribution >= 0.6 is 11.8 Å². The highest BCUT2D eigenvalue weighted by molar-refractivity contribution is 8.01. The zero-order chi connectivity index (χ0) is 17.8. The van der Waals surface area contributed by atoms with Gasteiger partial charge in [0, 0.05) is 31.4 Å². The summed E-state index contributed by atoms with van der Waals surface area (Å²) in [5.41, 5.74) is 0.457. The molecule has 1 aromatic carbocycles. The molecule has 134 valence electrons. The van der Waals surface area contributed by atoms with E-state index in [4.69, 9.17) is 0 Å². The lowest BCUT2D eigenvalue weighted by Crippen LogP contribution is -2.46. The van der Waals surface area contributed by atoms with Crippen LogP contribution in [0.5, 0.6) is 0 Å². The molecule has 24 heavy (non-hydrogen) atoms. The average Bonchev–Trinajstić information content (AvgIpc) is 2.85. The van der Waals surface area contributed by atoms with Gasteiger partial charge in [0.1, 0.15) is 0 Å². The van der Waals surface area contributed by atoms with Crippen LogP contribution in [0.2, 0.25) is 0 Å². The number of benzene rings is 1. The van der Waals surface area contributed by atoms with Gasteiger partial charge in [-0.05, 0) is 12.0 Å². The summed E-state index contributed by atoms with van der Waals surface area (Å²) in [4.78, 5) is 16.2. The number of hydrogen-bond acceptors (Lipinski definition) is 4. The van der Waals surface area contributed by atoms with Crippen LogP contribution in [0.25, 0.3) is 0 Å². The Bertz CT molecular complexity index is 544. The van der Waals surface area contributed by atoms with Crippen molar-refractivity contribution < 1.29 is 9.90 Å². The van der Waals surface area contributed by atoms with Gasteiger partial charge >= 0.3 is 0 Å². The molecule has 1 saturated heterocycles. The standard InChI is InChI=1S/C19H30N2O2S/c1-18(2,3)24-13-17(22)20(4)14-19(23)10-11-21(15-19)12-16-8-6-5-7-9-16/h5-9,23H,10-15H2,1-4H3. The van der Waals surface area contributed by atoms with E-state index in [1.54, 1.807) is 23.7 Å². The SMILES string of the molecule is CN(CC1(O)CCN(Cc2ccccc2)C1)C(=O)CSC(C)(C)C. The highest BCUT2D eigenvalue weighted by atomic mass is 32.2. The summed E-state index contributed by atoms with van der Waals surface area (Å²) in [6.45, 7) is 9.06. The Morgan fingerprint density at radius 3 is 2.62 bits per heavy atom. The zero-order valence-corrected chi connectivity index (χ0v) is 16.1. The van der Waals surface area contributed by atoms with Crippen LogP contribution in [0, 0.1) is 0 Å². The fourth-order valence-corrected chi connectivity index (χ4v) is 3.74. The Hall–Kier alpha value is -1.04. The molecule has 0 spiro atoms. The molecule has 5 heteroatoms. The normalized spacial score (nSPS) is 21.9. The average molecular weight is 351 g/mol. The Morgan fingerprint density at radius 1 is 1.33 bits per heavy atom. The van der Waals surface area contributed by atoms with Crippen molar-refractivity contribution in [3.8, 4) is 0 Å². The molecule has 0 aliphatic carbocycles. The first-order valence-electron chi connectivity index (χ1n) is 8.53. The van der Waals surface area contributed by atoms with E-state index in [1.807, 2.05) is 18.2 Å². The van der Waals surface area contributed by atoms with Crippen molar-refractivity contribution in [2.45, 2.75) is 44.1 Å². The Kier molecular flexibility index (Phi) is 6.34. The van der Waals surface area contributed by atoms with Crippen molar-refractivity contribution in [3.63, 3.8) is 0 Å². The highest BCUT2D eigenvalue weighted by Crippen LogP contribution is 2.26. The van der Waals surface area contributed by atoms with Crippen molar-refractivity contribution in [1.82, 2.24) is 9.80 Å². The molecular weight excluding hydrogens is 320 g/mol. The Balaban J connectivity index is 1.82. The van der Waals surface area contributed by atoms with Gasteiger partial charge in [0.15, 0.2) is 0 Å². The van der Waals surface area contributed by atoms with Crippen LogP contribution in [0.3, 0.4) is 0 Å². The number of amides is 1. The van der Waals surface area contributed by atoms with Crippen molar-refractivity contribution in [3.05, 3.63) is 35.9 Å². The van der Waals surface area contributed by atoms with Crippen molar-refractivity contribution >= 4 is 17.7 Å². The molecule has 0 aromatic heterocycles. The van der Waals surface area contributed by atoms with Crippen LogP contribution < -0.4 is 0 Å². The number of hydrogen-bond donors (Lipinski definition) is 1. The summed E-state index contributed by atoms with van der Waals surface area (Å²) < 4.78 is 0.0766. The van der Waals surface area contributed by atoms with Crippen molar-refractivity contribution in [2.24, 2.45) is 0 Å². The lowest BCUT2D eigenvalue weighted by Gasteiger charge is -2.30. The summed E-state index contributed by atoms with van der Waals surface area (Å²) >= 11 is 1.65. The summed E-state index contributed by atoms with van der Waals surface area (Å²) in [5.74, 6) is 0.550. The van der Waals surface area contributed by atoms with Gasteiger partial charge in [0.25, 0.3) is 0 Å². The first kappa shape index (κ1) is 19.3. The van der Waals surface area contributed by atoms with Gasteiger partial charge in [-0.1, -0.05) is 51.1 Å². The topological polar surface area (TPSA) is 43.8 Å². The fraction of sp³-hybridized carbons (Fsp3) is 0.632. The molecule has 1 unspecified atom stereocenters. The summed E-state index contributed by atoms with van der Waals surface area (Å²) in [6.07, 6.45) is 0.712. The molecule has 1 heterocycles. The number of rotatable bonds is 6. The molecule has 0 bridgehead atoms. The summed E-state index contributed by atoms with van der Waals surface area (Å²) in [6, 6.07) is 10.3. The van der Waals surface area contributed by atoms with Crippen LogP contribution in [0.1, 0.15) is 32.8 Å². The molecule has 1 aliphatic heterocycles. The van der Waals surface area contributed by atoms with Crippen LogP contribution in [-0.2, 0) is 11.3 Å². The van der Waals surface area contributed by atoms with E-state index in [0.29, 0.717) is 25.3 Å². The highest BCUT2D eigenvalue weighted by Gasteiger charge is 2.37. The third-order valence-corrected chi connectivity index (χ3v) is 5.50. The monoisotopic (exact) mass is 350 g/mol. The van der Waals surface area contributed by atoms with Gasteiger partial charge in [0.2, 0.25) is 5.91 Å². The number of β-amino-alcohol motifs (C(OH)–C–C–N with tert-alkyl or cyclic N) is 1. The van der Waals surface area contributed by atoms with Crippen LogP contribution in [0.15, 0.2) is 30.3 Å². The van der Waals surface area contributed by atoms with Crippen molar-refractivity contribution in [1.29, 1.82) is 0 Å². The van der Waals surface area contributed by atoms with E-state index in [9.17, 15) is 9.90 Å². The maximum atomic E-state index is 12.3. The first-order valence-corrected chi connectivity index (χ1v) is 9.52. The van der Waals surface area contributed by atoms with Gasteiger partial charge in [-0.15, -0.1) is 11.8 Å².